The summed E-state index contributed by atoms with van der Waals surface area (Å²) in [6.07, 6.45) is 0.124. The molecule has 0 radical (unpaired) electrons. The van der Waals surface area contributed by atoms with Gasteiger partial charge in [0.15, 0.2) is 0 Å². The van der Waals surface area contributed by atoms with E-state index >= 15 is 0 Å². The van der Waals surface area contributed by atoms with E-state index in [1.54, 1.807) is 0 Å². The van der Waals surface area contributed by atoms with Crippen LogP contribution >= 0.6 is 0 Å². The highest BCUT2D eigenvalue weighted by molar-refractivity contribution is 5.74. The second-order valence-electron chi connectivity index (χ2n) is 5.89. The zero-order chi connectivity index (χ0) is 14.0. The second-order valence-corrected chi connectivity index (χ2v) is 5.89. The van der Waals surface area contributed by atoms with E-state index in [0.717, 1.165) is 31.1 Å². The van der Waals surface area contributed by atoms with Gasteiger partial charge >= 0.3 is 0 Å². The molecule has 0 saturated carbocycles. The molecule has 0 bridgehead atoms. The van der Waals surface area contributed by atoms with Gasteiger partial charge in [0, 0.05) is 13.1 Å². The number of hydrogen-bond donors (Lipinski definition) is 1. The summed E-state index contributed by atoms with van der Waals surface area (Å²) in [6, 6.07) is 5.96. The summed E-state index contributed by atoms with van der Waals surface area (Å²) in [5.41, 5.74) is 7.86. The number of para-hydroxylation sites is 1. The molecule has 1 fully saturated rings. The third-order valence-electron chi connectivity index (χ3n) is 3.17. The number of nitrogens with zero attached hydrogens (tertiary/aromatic N) is 1. The largest absolute Gasteiger partial charge is 0.489 e. The van der Waals surface area contributed by atoms with Gasteiger partial charge in [0.1, 0.15) is 5.75 Å². The van der Waals surface area contributed by atoms with Gasteiger partial charge in [-0.2, -0.15) is 0 Å². The highest BCUT2D eigenvalue weighted by Crippen LogP contribution is 2.34. The summed E-state index contributed by atoms with van der Waals surface area (Å²) in [6.45, 7) is 10.6. The standard InChI is InChI=1S/C15H24N2O2/c1-11(2)19-13-7-5-6-12(14(13)16)17-8-9-18-15(3,4)10-17/h5-7,11H,8-10,16H2,1-4H3. The summed E-state index contributed by atoms with van der Waals surface area (Å²) in [4.78, 5) is 2.27. The van der Waals surface area contributed by atoms with E-state index in [0.29, 0.717) is 5.69 Å². The van der Waals surface area contributed by atoms with Gasteiger partial charge in [0.05, 0.1) is 29.7 Å². The van der Waals surface area contributed by atoms with E-state index < -0.39 is 0 Å². The molecule has 2 N–H and O–H groups in total. The second kappa shape index (κ2) is 5.29. The Labute approximate surface area is 115 Å². The Morgan fingerprint density at radius 2 is 2.11 bits per heavy atom. The summed E-state index contributed by atoms with van der Waals surface area (Å²) in [7, 11) is 0. The average molecular weight is 264 g/mol. The van der Waals surface area contributed by atoms with Crippen molar-refractivity contribution in [2.24, 2.45) is 0 Å². The molecule has 1 aromatic rings. The van der Waals surface area contributed by atoms with Crippen LogP contribution in [0.25, 0.3) is 0 Å². The van der Waals surface area contributed by atoms with Crippen molar-refractivity contribution in [3.63, 3.8) is 0 Å². The maximum absolute atomic E-state index is 6.24. The summed E-state index contributed by atoms with van der Waals surface area (Å²) < 4.78 is 11.5. The smallest absolute Gasteiger partial charge is 0.144 e. The van der Waals surface area contributed by atoms with E-state index in [1.165, 1.54) is 0 Å². The van der Waals surface area contributed by atoms with Crippen LogP contribution in [0.5, 0.6) is 5.75 Å². The van der Waals surface area contributed by atoms with Crippen LogP contribution in [0.4, 0.5) is 11.4 Å². The first-order valence-electron chi connectivity index (χ1n) is 6.83. The molecule has 0 atom stereocenters. The molecule has 106 valence electrons. The van der Waals surface area contributed by atoms with Gasteiger partial charge in [-0.05, 0) is 39.8 Å². The first kappa shape index (κ1) is 14.0. The Bertz CT molecular complexity index is 444. The number of rotatable bonds is 3. The lowest BCUT2D eigenvalue weighted by molar-refractivity contribution is -0.0276. The number of ether oxygens (including phenoxy) is 2. The van der Waals surface area contributed by atoms with E-state index in [4.69, 9.17) is 15.2 Å². The van der Waals surface area contributed by atoms with E-state index in [-0.39, 0.29) is 11.7 Å². The van der Waals surface area contributed by atoms with Crippen molar-refractivity contribution in [1.29, 1.82) is 0 Å². The highest BCUT2D eigenvalue weighted by Gasteiger charge is 2.28. The van der Waals surface area contributed by atoms with Crippen LogP contribution in [-0.4, -0.2) is 31.4 Å². The van der Waals surface area contributed by atoms with Crippen LogP contribution in [0.1, 0.15) is 27.7 Å². The Morgan fingerprint density at radius 1 is 1.37 bits per heavy atom. The number of nitrogen functional groups attached to an aromatic ring is 1. The summed E-state index contributed by atoms with van der Waals surface area (Å²) in [5, 5.41) is 0. The molecule has 0 amide bonds. The van der Waals surface area contributed by atoms with Crippen molar-refractivity contribution in [3.8, 4) is 5.75 Å². The molecule has 19 heavy (non-hydrogen) atoms. The fourth-order valence-electron chi connectivity index (χ4n) is 2.39. The number of hydrogen-bond acceptors (Lipinski definition) is 4. The van der Waals surface area contributed by atoms with Crippen molar-refractivity contribution in [3.05, 3.63) is 18.2 Å². The lowest BCUT2D eigenvalue weighted by Gasteiger charge is -2.40. The lowest BCUT2D eigenvalue weighted by Crippen LogP contribution is -2.48. The van der Waals surface area contributed by atoms with Crippen LogP contribution in [0, 0.1) is 0 Å². The molecule has 1 saturated heterocycles. The third kappa shape index (κ3) is 3.32. The number of benzene rings is 1. The molecule has 0 unspecified atom stereocenters. The van der Waals surface area contributed by atoms with Crippen molar-refractivity contribution in [2.45, 2.75) is 39.4 Å². The monoisotopic (exact) mass is 264 g/mol. The molecule has 0 aliphatic carbocycles. The van der Waals surface area contributed by atoms with Crippen LogP contribution in [0.15, 0.2) is 18.2 Å². The number of nitrogens with two attached hydrogens (primary N) is 1. The molecular weight excluding hydrogens is 240 g/mol. The van der Waals surface area contributed by atoms with E-state index in [1.807, 2.05) is 32.0 Å². The van der Waals surface area contributed by atoms with E-state index in [2.05, 4.69) is 18.7 Å². The van der Waals surface area contributed by atoms with Gasteiger partial charge in [0.2, 0.25) is 0 Å². The molecule has 1 aromatic carbocycles. The molecule has 1 aliphatic heterocycles. The van der Waals surface area contributed by atoms with Gasteiger partial charge in [-0.1, -0.05) is 6.07 Å². The predicted octanol–water partition coefficient (Wildman–Crippen LogP) is 2.67. The minimum absolute atomic E-state index is 0.124. The lowest BCUT2D eigenvalue weighted by atomic mass is 10.1. The maximum Gasteiger partial charge on any atom is 0.144 e. The first-order chi connectivity index (χ1) is 8.89. The van der Waals surface area contributed by atoms with Gasteiger partial charge in [0.25, 0.3) is 0 Å². The predicted molar refractivity (Wildman–Crippen MR) is 78.9 cm³/mol. The third-order valence-corrected chi connectivity index (χ3v) is 3.17. The molecule has 0 aromatic heterocycles. The quantitative estimate of drug-likeness (QED) is 0.853. The van der Waals surface area contributed by atoms with Crippen LogP contribution in [0.3, 0.4) is 0 Å². The van der Waals surface area contributed by atoms with Crippen molar-refractivity contribution >= 4 is 11.4 Å². The first-order valence-corrected chi connectivity index (χ1v) is 6.83. The fraction of sp³-hybridized carbons (Fsp3) is 0.600. The minimum Gasteiger partial charge on any atom is -0.489 e. The SMILES string of the molecule is CC(C)Oc1cccc(N2CCOC(C)(C)C2)c1N. The fourth-order valence-corrected chi connectivity index (χ4v) is 2.39. The molecule has 2 rings (SSSR count). The van der Waals surface area contributed by atoms with Crippen molar-refractivity contribution in [2.75, 3.05) is 30.3 Å². The number of morpholine rings is 1. The maximum atomic E-state index is 6.24. The van der Waals surface area contributed by atoms with Crippen molar-refractivity contribution < 1.29 is 9.47 Å². The number of anilines is 2. The van der Waals surface area contributed by atoms with Crippen LogP contribution < -0.4 is 15.4 Å². The Morgan fingerprint density at radius 3 is 2.74 bits per heavy atom. The topological polar surface area (TPSA) is 47.7 Å². The molecule has 4 nitrogen and oxygen atoms in total. The van der Waals surface area contributed by atoms with Crippen LogP contribution in [-0.2, 0) is 4.74 Å². The highest BCUT2D eigenvalue weighted by atomic mass is 16.5. The molecule has 4 heteroatoms. The summed E-state index contributed by atoms with van der Waals surface area (Å²) >= 11 is 0. The van der Waals surface area contributed by atoms with Gasteiger partial charge in [-0.25, -0.2) is 0 Å². The van der Waals surface area contributed by atoms with Crippen LogP contribution in [0.2, 0.25) is 0 Å². The minimum atomic E-state index is -0.139. The Hall–Kier alpha value is -1.42. The van der Waals surface area contributed by atoms with Gasteiger partial charge in [-0.15, -0.1) is 0 Å². The normalized spacial score (nSPS) is 18.7. The zero-order valence-corrected chi connectivity index (χ0v) is 12.3. The molecule has 1 heterocycles. The molecular formula is C15H24N2O2. The zero-order valence-electron chi connectivity index (χ0n) is 12.3. The van der Waals surface area contributed by atoms with Gasteiger partial charge in [-0.3, -0.25) is 0 Å². The van der Waals surface area contributed by atoms with Crippen molar-refractivity contribution in [1.82, 2.24) is 0 Å². The Kier molecular flexibility index (Phi) is 3.90. The Balaban J connectivity index is 2.24. The average Bonchev–Trinajstić information content (AvgIpc) is 2.30. The summed E-state index contributed by atoms with van der Waals surface area (Å²) in [5.74, 6) is 0.761. The van der Waals surface area contributed by atoms with E-state index in [9.17, 15) is 0 Å². The van der Waals surface area contributed by atoms with Gasteiger partial charge < -0.3 is 20.1 Å². The molecule has 0 spiro atoms. The molecule has 1 aliphatic rings.